The first-order valence-electron chi connectivity index (χ1n) is 5.63. The highest BCUT2D eigenvalue weighted by atomic mass is 16.3. The molecule has 0 saturated heterocycles. The van der Waals surface area contributed by atoms with Crippen molar-refractivity contribution in [1.29, 1.82) is 0 Å². The Kier molecular flexibility index (Phi) is 4.00. The van der Waals surface area contributed by atoms with Crippen LogP contribution in [0.15, 0.2) is 0 Å². The van der Waals surface area contributed by atoms with E-state index in [0.717, 1.165) is 11.5 Å². The quantitative estimate of drug-likeness (QED) is 0.678. The van der Waals surface area contributed by atoms with E-state index in [1.807, 2.05) is 33.0 Å². The van der Waals surface area contributed by atoms with Crippen molar-refractivity contribution < 1.29 is 5.11 Å². The standard InChI is InChI=1S/C11H23N5O/c1-8-9(12)10(16(5)14-8)13-6-11(2,17)7-15(3)4/h13,17H,6-7,12H2,1-5H3. The van der Waals surface area contributed by atoms with Crippen LogP contribution >= 0.6 is 0 Å². The highest BCUT2D eigenvalue weighted by Gasteiger charge is 2.22. The van der Waals surface area contributed by atoms with E-state index in [0.29, 0.717) is 18.8 Å². The first-order valence-corrected chi connectivity index (χ1v) is 5.63. The van der Waals surface area contributed by atoms with Gasteiger partial charge in [-0.05, 0) is 27.9 Å². The maximum absolute atomic E-state index is 10.2. The molecule has 1 heterocycles. The van der Waals surface area contributed by atoms with Crippen molar-refractivity contribution in [3.63, 3.8) is 0 Å². The van der Waals surface area contributed by atoms with E-state index in [1.165, 1.54) is 0 Å². The molecule has 1 atom stereocenters. The second-order valence-electron chi connectivity index (χ2n) is 5.06. The average Bonchev–Trinajstić information content (AvgIpc) is 2.37. The van der Waals surface area contributed by atoms with Gasteiger partial charge < -0.3 is 21.1 Å². The summed E-state index contributed by atoms with van der Waals surface area (Å²) in [6, 6.07) is 0. The zero-order chi connectivity index (χ0) is 13.2. The normalized spacial score (nSPS) is 15.0. The van der Waals surface area contributed by atoms with Crippen LogP contribution in [-0.4, -0.2) is 52.6 Å². The molecular formula is C11H23N5O. The Balaban J connectivity index is 2.67. The van der Waals surface area contributed by atoms with Crippen molar-refractivity contribution in [2.75, 3.05) is 38.2 Å². The number of nitrogens with zero attached hydrogens (tertiary/aromatic N) is 3. The topological polar surface area (TPSA) is 79.3 Å². The Hall–Kier alpha value is -1.27. The number of rotatable bonds is 5. The van der Waals surface area contributed by atoms with Gasteiger partial charge in [-0.25, -0.2) is 0 Å². The summed E-state index contributed by atoms with van der Waals surface area (Å²) in [6.07, 6.45) is 0. The first kappa shape index (κ1) is 13.8. The molecule has 0 spiro atoms. The van der Waals surface area contributed by atoms with Crippen LogP contribution in [0, 0.1) is 6.92 Å². The van der Waals surface area contributed by atoms with Crippen LogP contribution in [0.4, 0.5) is 11.5 Å². The first-order chi connectivity index (χ1) is 7.73. The summed E-state index contributed by atoms with van der Waals surface area (Å²) < 4.78 is 1.69. The Morgan fingerprint density at radius 1 is 1.53 bits per heavy atom. The molecule has 0 radical (unpaired) electrons. The molecule has 0 fully saturated rings. The third kappa shape index (κ3) is 3.61. The summed E-state index contributed by atoms with van der Waals surface area (Å²) in [5.74, 6) is 0.751. The van der Waals surface area contributed by atoms with Crippen LogP contribution in [0.2, 0.25) is 0 Å². The van der Waals surface area contributed by atoms with Gasteiger partial charge >= 0.3 is 0 Å². The molecule has 0 aliphatic heterocycles. The van der Waals surface area contributed by atoms with Gasteiger partial charge in [0.15, 0.2) is 0 Å². The van der Waals surface area contributed by atoms with Gasteiger partial charge in [0, 0.05) is 20.1 Å². The summed E-state index contributed by atoms with van der Waals surface area (Å²) in [6.45, 7) is 4.66. The third-order valence-corrected chi connectivity index (χ3v) is 2.56. The van der Waals surface area contributed by atoms with E-state index in [1.54, 1.807) is 11.6 Å². The van der Waals surface area contributed by atoms with Gasteiger partial charge in [-0.3, -0.25) is 4.68 Å². The van der Waals surface area contributed by atoms with E-state index in [4.69, 9.17) is 5.73 Å². The minimum Gasteiger partial charge on any atom is -0.394 e. The van der Waals surface area contributed by atoms with Gasteiger partial charge in [-0.15, -0.1) is 0 Å². The highest BCUT2D eigenvalue weighted by Crippen LogP contribution is 2.21. The van der Waals surface area contributed by atoms with Crippen LogP contribution in [-0.2, 0) is 7.05 Å². The molecule has 1 rings (SSSR count). The maximum atomic E-state index is 10.2. The van der Waals surface area contributed by atoms with Crippen LogP contribution in [0.1, 0.15) is 12.6 Å². The van der Waals surface area contributed by atoms with Crippen molar-refractivity contribution in [2.24, 2.45) is 7.05 Å². The van der Waals surface area contributed by atoms with Crippen molar-refractivity contribution in [1.82, 2.24) is 14.7 Å². The lowest BCUT2D eigenvalue weighted by atomic mass is 10.1. The molecule has 1 aromatic heterocycles. The predicted molar refractivity (Wildman–Crippen MR) is 70.0 cm³/mol. The number of aryl methyl sites for hydroxylation is 2. The lowest BCUT2D eigenvalue weighted by Crippen LogP contribution is -2.43. The number of aliphatic hydroxyl groups is 1. The number of likely N-dealkylation sites (N-methyl/N-ethyl adjacent to an activating group) is 1. The van der Waals surface area contributed by atoms with Crippen LogP contribution in [0.25, 0.3) is 0 Å². The summed E-state index contributed by atoms with van der Waals surface area (Å²) in [5.41, 5.74) is 6.51. The fraction of sp³-hybridized carbons (Fsp3) is 0.727. The highest BCUT2D eigenvalue weighted by molar-refractivity contribution is 5.64. The fourth-order valence-corrected chi connectivity index (χ4v) is 1.90. The largest absolute Gasteiger partial charge is 0.394 e. The van der Waals surface area contributed by atoms with Crippen molar-refractivity contribution in [3.05, 3.63) is 5.69 Å². The van der Waals surface area contributed by atoms with Crippen molar-refractivity contribution >= 4 is 11.5 Å². The molecule has 0 aromatic carbocycles. The van der Waals surface area contributed by atoms with Crippen molar-refractivity contribution in [3.8, 4) is 0 Å². The zero-order valence-electron chi connectivity index (χ0n) is 11.3. The second-order valence-corrected chi connectivity index (χ2v) is 5.06. The molecule has 0 bridgehead atoms. The van der Waals surface area contributed by atoms with Crippen LogP contribution < -0.4 is 11.1 Å². The monoisotopic (exact) mass is 241 g/mol. The van der Waals surface area contributed by atoms with E-state index in [2.05, 4.69) is 10.4 Å². The fourth-order valence-electron chi connectivity index (χ4n) is 1.90. The van der Waals surface area contributed by atoms with Crippen LogP contribution in [0.3, 0.4) is 0 Å². The molecule has 1 aromatic rings. The number of aromatic nitrogens is 2. The number of hydrogen-bond acceptors (Lipinski definition) is 5. The maximum Gasteiger partial charge on any atom is 0.147 e. The van der Waals surface area contributed by atoms with Gasteiger partial charge in [-0.2, -0.15) is 5.10 Å². The number of nitrogen functional groups attached to an aromatic ring is 1. The zero-order valence-corrected chi connectivity index (χ0v) is 11.3. The molecule has 17 heavy (non-hydrogen) atoms. The van der Waals surface area contributed by atoms with Crippen LogP contribution in [0.5, 0.6) is 0 Å². The minimum absolute atomic E-state index is 0.425. The van der Waals surface area contributed by atoms with Gasteiger partial charge in [0.2, 0.25) is 0 Å². The number of hydrogen-bond donors (Lipinski definition) is 3. The summed E-state index contributed by atoms with van der Waals surface area (Å²) >= 11 is 0. The van der Waals surface area contributed by atoms with E-state index < -0.39 is 5.60 Å². The van der Waals surface area contributed by atoms with Crippen molar-refractivity contribution in [2.45, 2.75) is 19.4 Å². The summed E-state index contributed by atoms with van der Waals surface area (Å²) in [5, 5.41) is 17.5. The molecule has 0 aliphatic carbocycles. The lowest BCUT2D eigenvalue weighted by Gasteiger charge is -2.27. The lowest BCUT2D eigenvalue weighted by molar-refractivity contribution is 0.0458. The van der Waals surface area contributed by atoms with E-state index in [9.17, 15) is 5.11 Å². The third-order valence-electron chi connectivity index (χ3n) is 2.56. The minimum atomic E-state index is -0.811. The number of nitrogens with two attached hydrogens (primary N) is 1. The summed E-state index contributed by atoms with van der Waals surface area (Å²) in [4.78, 5) is 1.94. The van der Waals surface area contributed by atoms with Gasteiger partial charge in [0.25, 0.3) is 0 Å². The molecule has 0 aliphatic rings. The predicted octanol–water partition coefficient (Wildman–Crippen LogP) is 0.0352. The molecule has 0 saturated carbocycles. The number of nitrogens with one attached hydrogen (secondary N) is 1. The van der Waals surface area contributed by atoms with Gasteiger partial charge in [-0.1, -0.05) is 0 Å². The Morgan fingerprint density at radius 3 is 2.53 bits per heavy atom. The SMILES string of the molecule is Cc1nn(C)c(NCC(C)(O)CN(C)C)c1N. The molecule has 6 heteroatoms. The Labute approximate surface area is 102 Å². The molecular weight excluding hydrogens is 218 g/mol. The smallest absolute Gasteiger partial charge is 0.147 e. The molecule has 0 amide bonds. The Morgan fingerprint density at radius 2 is 2.12 bits per heavy atom. The average molecular weight is 241 g/mol. The van der Waals surface area contributed by atoms with Gasteiger partial charge in [0.1, 0.15) is 5.82 Å². The summed E-state index contributed by atoms with van der Waals surface area (Å²) in [7, 11) is 5.68. The molecule has 6 nitrogen and oxygen atoms in total. The second kappa shape index (κ2) is 4.93. The van der Waals surface area contributed by atoms with E-state index in [-0.39, 0.29) is 0 Å². The molecule has 4 N–H and O–H groups in total. The number of anilines is 2. The van der Waals surface area contributed by atoms with Gasteiger partial charge in [0.05, 0.1) is 17.0 Å². The molecule has 1 unspecified atom stereocenters. The van der Waals surface area contributed by atoms with E-state index >= 15 is 0 Å². The Bertz CT molecular complexity index is 383. The molecule has 98 valence electrons.